The molecule has 0 saturated carbocycles. The summed E-state index contributed by atoms with van der Waals surface area (Å²) in [5, 5.41) is 7.55. The standard InChI is InChI=1S/C13H16BrN3O/c1-17-8-10(7-16-17)6-15-13-5-3-4-12(14)11(13)9-18-2/h3-5,7-8,15H,6,9H2,1-2H3. The second-order valence-electron chi connectivity index (χ2n) is 4.07. The molecule has 5 heteroatoms. The molecule has 0 atom stereocenters. The van der Waals surface area contributed by atoms with Crippen LogP contribution in [-0.4, -0.2) is 16.9 Å². The van der Waals surface area contributed by atoms with Crippen molar-refractivity contribution in [1.82, 2.24) is 9.78 Å². The number of halogens is 1. The van der Waals surface area contributed by atoms with Gasteiger partial charge in [0.25, 0.3) is 0 Å². The zero-order valence-electron chi connectivity index (χ0n) is 10.5. The normalized spacial score (nSPS) is 10.6. The first-order valence-electron chi connectivity index (χ1n) is 5.68. The van der Waals surface area contributed by atoms with Gasteiger partial charge < -0.3 is 10.1 Å². The van der Waals surface area contributed by atoms with Gasteiger partial charge in [-0.05, 0) is 12.1 Å². The van der Waals surface area contributed by atoms with Gasteiger partial charge >= 0.3 is 0 Å². The molecule has 0 unspecified atom stereocenters. The van der Waals surface area contributed by atoms with Crippen LogP contribution in [0.5, 0.6) is 0 Å². The number of nitrogens with one attached hydrogen (secondary N) is 1. The van der Waals surface area contributed by atoms with E-state index in [1.54, 1.807) is 11.8 Å². The molecule has 0 fully saturated rings. The molecule has 1 heterocycles. The molecule has 0 aliphatic carbocycles. The SMILES string of the molecule is COCc1c(Br)cccc1NCc1cnn(C)c1. The number of nitrogens with zero attached hydrogens (tertiary/aromatic N) is 2. The monoisotopic (exact) mass is 309 g/mol. The van der Waals surface area contributed by atoms with Crippen molar-refractivity contribution in [3.8, 4) is 0 Å². The van der Waals surface area contributed by atoms with Crippen LogP contribution >= 0.6 is 15.9 Å². The van der Waals surface area contributed by atoms with Crippen LogP contribution < -0.4 is 5.32 Å². The first-order chi connectivity index (χ1) is 8.70. The van der Waals surface area contributed by atoms with Gasteiger partial charge in [0.05, 0.1) is 12.8 Å². The van der Waals surface area contributed by atoms with Crippen molar-refractivity contribution in [2.45, 2.75) is 13.2 Å². The third kappa shape index (κ3) is 3.11. The highest BCUT2D eigenvalue weighted by molar-refractivity contribution is 9.10. The van der Waals surface area contributed by atoms with E-state index in [4.69, 9.17) is 4.74 Å². The highest BCUT2D eigenvalue weighted by atomic mass is 79.9. The lowest BCUT2D eigenvalue weighted by Crippen LogP contribution is -2.03. The number of hydrogen-bond donors (Lipinski definition) is 1. The quantitative estimate of drug-likeness (QED) is 0.923. The Kier molecular flexibility index (Phi) is 4.38. The molecule has 0 bridgehead atoms. The molecule has 18 heavy (non-hydrogen) atoms. The van der Waals surface area contributed by atoms with Gasteiger partial charge in [0.1, 0.15) is 0 Å². The van der Waals surface area contributed by atoms with E-state index >= 15 is 0 Å². The molecule has 1 N–H and O–H groups in total. The summed E-state index contributed by atoms with van der Waals surface area (Å²) < 4.78 is 8.07. The van der Waals surface area contributed by atoms with Gasteiger partial charge in [-0.15, -0.1) is 0 Å². The third-order valence-electron chi connectivity index (χ3n) is 2.65. The van der Waals surface area contributed by atoms with Gasteiger partial charge in [0, 0.05) is 48.2 Å². The van der Waals surface area contributed by atoms with Crippen molar-refractivity contribution < 1.29 is 4.74 Å². The summed E-state index contributed by atoms with van der Waals surface area (Å²) in [5.41, 5.74) is 3.36. The van der Waals surface area contributed by atoms with Crippen molar-refractivity contribution >= 4 is 21.6 Å². The van der Waals surface area contributed by atoms with Crippen LogP contribution in [0.15, 0.2) is 35.1 Å². The fraction of sp³-hybridized carbons (Fsp3) is 0.308. The van der Waals surface area contributed by atoms with E-state index < -0.39 is 0 Å². The smallest absolute Gasteiger partial charge is 0.0744 e. The van der Waals surface area contributed by atoms with E-state index in [1.807, 2.05) is 31.6 Å². The second-order valence-corrected chi connectivity index (χ2v) is 4.93. The van der Waals surface area contributed by atoms with Crippen LogP contribution in [-0.2, 0) is 24.9 Å². The highest BCUT2D eigenvalue weighted by Crippen LogP contribution is 2.25. The molecule has 1 aromatic carbocycles. The molecule has 0 aliphatic heterocycles. The van der Waals surface area contributed by atoms with Gasteiger partial charge in [-0.1, -0.05) is 22.0 Å². The molecule has 96 valence electrons. The molecule has 4 nitrogen and oxygen atoms in total. The number of aromatic nitrogens is 2. The minimum atomic E-state index is 0.580. The van der Waals surface area contributed by atoms with Crippen molar-refractivity contribution in [3.63, 3.8) is 0 Å². The van der Waals surface area contributed by atoms with Crippen LogP contribution in [0.3, 0.4) is 0 Å². The number of ether oxygens (including phenoxy) is 1. The van der Waals surface area contributed by atoms with Gasteiger partial charge in [0.2, 0.25) is 0 Å². The molecule has 0 spiro atoms. The van der Waals surface area contributed by atoms with Crippen LogP contribution in [0.4, 0.5) is 5.69 Å². The topological polar surface area (TPSA) is 39.1 Å². The maximum absolute atomic E-state index is 5.22. The lowest BCUT2D eigenvalue weighted by molar-refractivity contribution is 0.185. The molecule has 2 aromatic rings. The van der Waals surface area contributed by atoms with E-state index in [1.165, 1.54) is 0 Å². The Morgan fingerprint density at radius 1 is 1.44 bits per heavy atom. The Morgan fingerprint density at radius 3 is 2.94 bits per heavy atom. The maximum atomic E-state index is 5.22. The Hall–Kier alpha value is -1.33. The summed E-state index contributed by atoms with van der Waals surface area (Å²) >= 11 is 3.54. The van der Waals surface area contributed by atoms with Gasteiger partial charge in [-0.2, -0.15) is 5.10 Å². The van der Waals surface area contributed by atoms with Crippen molar-refractivity contribution in [2.75, 3.05) is 12.4 Å². The Labute approximate surface area is 115 Å². The van der Waals surface area contributed by atoms with E-state index in [0.717, 1.165) is 27.8 Å². The summed E-state index contributed by atoms with van der Waals surface area (Å²) in [6, 6.07) is 6.08. The largest absolute Gasteiger partial charge is 0.381 e. The van der Waals surface area contributed by atoms with E-state index in [2.05, 4.69) is 32.4 Å². The summed E-state index contributed by atoms with van der Waals surface area (Å²) in [7, 11) is 3.61. The minimum absolute atomic E-state index is 0.580. The van der Waals surface area contributed by atoms with Crippen molar-refractivity contribution in [3.05, 3.63) is 46.2 Å². The van der Waals surface area contributed by atoms with E-state index in [-0.39, 0.29) is 0 Å². The maximum Gasteiger partial charge on any atom is 0.0744 e. The van der Waals surface area contributed by atoms with Gasteiger partial charge in [0.15, 0.2) is 0 Å². The van der Waals surface area contributed by atoms with E-state index in [9.17, 15) is 0 Å². The molecule has 1 aromatic heterocycles. The fourth-order valence-electron chi connectivity index (χ4n) is 1.78. The molecule has 0 saturated heterocycles. The average Bonchev–Trinajstić information content (AvgIpc) is 2.76. The molecular formula is C13H16BrN3O. The predicted molar refractivity (Wildman–Crippen MR) is 75.4 cm³/mol. The number of anilines is 1. The second kappa shape index (κ2) is 6.02. The van der Waals surface area contributed by atoms with Crippen LogP contribution in [0.2, 0.25) is 0 Å². The van der Waals surface area contributed by atoms with Crippen LogP contribution in [0, 0.1) is 0 Å². The van der Waals surface area contributed by atoms with Gasteiger partial charge in [-0.25, -0.2) is 0 Å². The summed E-state index contributed by atoms with van der Waals surface area (Å²) in [5.74, 6) is 0. The summed E-state index contributed by atoms with van der Waals surface area (Å²) in [6.07, 6.45) is 3.86. The van der Waals surface area contributed by atoms with Crippen molar-refractivity contribution in [1.29, 1.82) is 0 Å². The number of hydrogen-bond acceptors (Lipinski definition) is 3. The zero-order valence-corrected chi connectivity index (χ0v) is 12.1. The lowest BCUT2D eigenvalue weighted by atomic mass is 10.2. The Morgan fingerprint density at radius 2 is 2.28 bits per heavy atom. The highest BCUT2D eigenvalue weighted by Gasteiger charge is 2.06. The average molecular weight is 310 g/mol. The Bertz CT molecular complexity index is 525. The van der Waals surface area contributed by atoms with Crippen LogP contribution in [0.1, 0.15) is 11.1 Å². The first-order valence-corrected chi connectivity index (χ1v) is 6.47. The Balaban J connectivity index is 2.11. The van der Waals surface area contributed by atoms with Gasteiger partial charge in [-0.3, -0.25) is 4.68 Å². The van der Waals surface area contributed by atoms with E-state index in [0.29, 0.717) is 6.61 Å². The third-order valence-corrected chi connectivity index (χ3v) is 3.39. The fourth-order valence-corrected chi connectivity index (χ4v) is 2.26. The summed E-state index contributed by atoms with van der Waals surface area (Å²) in [6.45, 7) is 1.33. The molecule has 0 amide bonds. The first kappa shape index (κ1) is 13.1. The van der Waals surface area contributed by atoms with Crippen molar-refractivity contribution in [2.24, 2.45) is 7.05 Å². The van der Waals surface area contributed by atoms with Crippen LogP contribution in [0.25, 0.3) is 0 Å². The number of benzene rings is 1. The molecule has 0 aliphatic rings. The number of methoxy groups -OCH3 is 1. The predicted octanol–water partition coefficient (Wildman–Crippen LogP) is 2.94. The number of aryl methyl sites for hydroxylation is 1. The lowest BCUT2D eigenvalue weighted by Gasteiger charge is -2.12. The molecular weight excluding hydrogens is 294 g/mol. The minimum Gasteiger partial charge on any atom is -0.381 e. The summed E-state index contributed by atoms with van der Waals surface area (Å²) in [4.78, 5) is 0. The number of rotatable bonds is 5. The zero-order chi connectivity index (χ0) is 13.0. The molecule has 2 rings (SSSR count). The molecule has 0 radical (unpaired) electrons.